The van der Waals surface area contributed by atoms with Crippen LogP contribution in [0.15, 0.2) is 118 Å². The van der Waals surface area contributed by atoms with Gasteiger partial charge in [0.25, 0.3) is 0 Å². The minimum absolute atomic E-state index is 0. The van der Waals surface area contributed by atoms with Crippen molar-refractivity contribution in [3.8, 4) is 11.5 Å². The number of phenolic OH excluding ortho intramolecular Hbond substituents is 1. The SMILES string of the molecule is O=C(O)c1ccccc1C(=O)c1ccc([O-])c(N=Nc2c(O)c(C(O)=Nc3ccccc3)cc3ccccc23)c1.[Na+]. The van der Waals surface area contributed by atoms with Crippen molar-refractivity contribution < 1.29 is 59.6 Å². The van der Waals surface area contributed by atoms with Crippen molar-refractivity contribution in [3.63, 3.8) is 0 Å². The van der Waals surface area contributed by atoms with Crippen LogP contribution in [0.25, 0.3) is 10.8 Å². The number of azo groups is 1. The van der Waals surface area contributed by atoms with Gasteiger partial charge in [-0.3, -0.25) is 4.79 Å². The third-order valence-corrected chi connectivity index (χ3v) is 6.11. The van der Waals surface area contributed by atoms with Crippen molar-refractivity contribution >= 4 is 45.5 Å². The Morgan fingerprint density at radius 1 is 0.707 bits per heavy atom. The number of aliphatic hydroxyl groups is 1. The number of nitrogens with zero attached hydrogens (tertiary/aromatic N) is 3. The second kappa shape index (κ2) is 12.6. The Labute approximate surface area is 256 Å². The smallest absolute Gasteiger partial charge is 0.871 e. The number of hydrogen-bond donors (Lipinski definition) is 3. The number of carbonyl (C=O) groups excluding carboxylic acids is 1. The fourth-order valence-corrected chi connectivity index (χ4v) is 4.14. The topological polar surface area (TPSA) is 155 Å². The summed E-state index contributed by atoms with van der Waals surface area (Å²) in [5.74, 6) is -3.26. The minimum Gasteiger partial charge on any atom is -0.871 e. The van der Waals surface area contributed by atoms with E-state index in [1.807, 2.05) is 0 Å². The van der Waals surface area contributed by atoms with Gasteiger partial charge in [-0.25, -0.2) is 9.79 Å². The average molecular weight is 554 g/mol. The number of rotatable bonds is 7. The molecule has 0 amide bonds. The zero-order chi connectivity index (χ0) is 28.2. The Morgan fingerprint density at radius 2 is 1.37 bits per heavy atom. The van der Waals surface area contributed by atoms with E-state index in [2.05, 4.69) is 15.2 Å². The first-order valence-corrected chi connectivity index (χ1v) is 12.0. The van der Waals surface area contributed by atoms with E-state index in [4.69, 9.17) is 0 Å². The van der Waals surface area contributed by atoms with Crippen LogP contribution in [0, 0.1) is 0 Å². The van der Waals surface area contributed by atoms with Gasteiger partial charge in [-0.05, 0) is 35.7 Å². The number of benzene rings is 5. The number of phenols is 1. The number of ketones is 1. The molecule has 0 unspecified atom stereocenters. The fourth-order valence-electron chi connectivity index (χ4n) is 4.14. The molecule has 0 aliphatic heterocycles. The van der Waals surface area contributed by atoms with E-state index in [0.717, 1.165) is 6.07 Å². The summed E-state index contributed by atoms with van der Waals surface area (Å²) in [6.45, 7) is 0. The van der Waals surface area contributed by atoms with Crippen LogP contribution in [0.2, 0.25) is 0 Å². The van der Waals surface area contributed by atoms with Crippen molar-refractivity contribution in [2.45, 2.75) is 0 Å². The van der Waals surface area contributed by atoms with Crippen LogP contribution in [-0.4, -0.2) is 33.0 Å². The maximum Gasteiger partial charge on any atom is 1.00 e. The van der Waals surface area contributed by atoms with Crippen LogP contribution >= 0.6 is 0 Å². The van der Waals surface area contributed by atoms with Gasteiger partial charge in [0.15, 0.2) is 11.5 Å². The summed E-state index contributed by atoms with van der Waals surface area (Å²) in [7, 11) is 0. The zero-order valence-electron chi connectivity index (χ0n) is 21.7. The Kier molecular flexibility index (Phi) is 8.94. The summed E-state index contributed by atoms with van der Waals surface area (Å²) in [6, 6.07) is 26.6. The summed E-state index contributed by atoms with van der Waals surface area (Å²) in [4.78, 5) is 28.8. The molecule has 0 bridgehead atoms. The molecule has 9 nitrogen and oxygen atoms in total. The van der Waals surface area contributed by atoms with Crippen LogP contribution < -0.4 is 34.7 Å². The van der Waals surface area contributed by atoms with E-state index < -0.39 is 29.1 Å². The molecule has 10 heteroatoms. The number of fused-ring (bicyclic) bond motifs is 1. The molecule has 0 aromatic heterocycles. The summed E-state index contributed by atoms with van der Waals surface area (Å²) >= 11 is 0. The van der Waals surface area contributed by atoms with Gasteiger partial charge in [0, 0.05) is 16.5 Å². The molecule has 0 saturated carbocycles. The third-order valence-electron chi connectivity index (χ3n) is 6.11. The van der Waals surface area contributed by atoms with Gasteiger partial charge in [-0.15, -0.1) is 5.11 Å². The van der Waals surface area contributed by atoms with E-state index in [1.54, 1.807) is 66.7 Å². The summed E-state index contributed by atoms with van der Waals surface area (Å²) < 4.78 is 0. The van der Waals surface area contributed by atoms with Crippen molar-refractivity contribution in [1.29, 1.82) is 0 Å². The van der Waals surface area contributed by atoms with Gasteiger partial charge >= 0.3 is 35.5 Å². The standard InChI is InChI=1S/C31H21N3O6.Na/c35-26-15-14-19(28(36)22-12-6-7-13-23(22)31(39)40)17-25(26)33-34-27-21-11-5-4-8-18(21)16-24(29(27)37)30(38)32-20-9-2-1-3-10-20;/h1-17,35,37H,(H,32,38)(H,39,40);/q;+1/p-1. The summed E-state index contributed by atoms with van der Waals surface area (Å²) in [6.07, 6.45) is 0. The largest absolute Gasteiger partial charge is 1.00 e. The number of carboxylic acids is 1. The molecule has 0 radical (unpaired) electrons. The fraction of sp³-hybridized carbons (Fsp3) is 0. The molecule has 196 valence electrons. The second-order valence-corrected chi connectivity index (χ2v) is 8.68. The summed E-state index contributed by atoms with van der Waals surface area (Å²) in [5, 5.41) is 53.1. The van der Waals surface area contributed by atoms with E-state index >= 15 is 0 Å². The van der Waals surface area contributed by atoms with Gasteiger partial charge in [0.05, 0.1) is 22.5 Å². The molecule has 0 heterocycles. The first-order valence-electron chi connectivity index (χ1n) is 12.0. The number of hydrogen-bond acceptors (Lipinski definition) is 7. The van der Waals surface area contributed by atoms with Crippen LogP contribution in [0.5, 0.6) is 11.5 Å². The van der Waals surface area contributed by atoms with E-state index in [0.29, 0.717) is 16.5 Å². The Bertz CT molecular complexity index is 1840. The molecular weight excluding hydrogens is 533 g/mol. The number of aromatic carboxylic acids is 1. The van der Waals surface area contributed by atoms with E-state index in [-0.39, 0.29) is 63.2 Å². The first kappa shape index (κ1) is 29.2. The molecule has 5 aromatic rings. The van der Waals surface area contributed by atoms with Crippen molar-refractivity contribution in [2.24, 2.45) is 15.2 Å². The second-order valence-electron chi connectivity index (χ2n) is 8.68. The first-order chi connectivity index (χ1) is 19.3. The van der Waals surface area contributed by atoms with Crippen LogP contribution in [0.1, 0.15) is 31.8 Å². The molecule has 0 aliphatic rings. The molecule has 3 N–H and O–H groups in total. The number of aliphatic hydroxyl groups excluding tert-OH is 1. The van der Waals surface area contributed by atoms with E-state index in [1.165, 1.54) is 30.3 Å². The van der Waals surface area contributed by atoms with Gasteiger partial charge in [0.1, 0.15) is 5.69 Å². The predicted octanol–water partition coefficient (Wildman–Crippen LogP) is 3.60. The van der Waals surface area contributed by atoms with Gasteiger partial charge in [0.2, 0.25) is 5.90 Å². The molecule has 0 fully saturated rings. The predicted molar refractivity (Wildman–Crippen MR) is 148 cm³/mol. The molecule has 0 saturated heterocycles. The van der Waals surface area contributed by atoms with Gasteiger partial charge in [-0.1, -0.05) is 78.5 Å². The monoisotopic (exact) mass is 553 g/mol. The molecule has 0 aliphatic carbocycles. The molecule has 0 spiro atoms. The molecule has 41 heavy (non-hydrogen) atoms. The Morgan fingerprint density at radius 3 is 2.10 bits per heavy atom. The number of carbonyl (C=O) groups is 2. The number of aromatic hydroxyl groups is 1. The average Bonchev–Trinajstić information content (AvgIpc) is 2.97. The van der Waals surface area contributed by atoms with Gasteiger partial charge in [-0.2, -0.15) is 5.11 Å². The summed E-state index contributed by atoms with van der Waals surface area (Å²) in [5.41, 5.74) is 0.0848. The maximum atomic E-state index is 13.1. The molecule has 5 rings (SSSR count). The van der Waals surface area contributed by atoms with Gasteiger partial charge < -0.3 is 20.4 Å². The Balaban J connectivity index is 0.00000387. The van der Waals surface area contributed by atoms with Crippen LogP contribution in [-0.2, 0) is 0 Å². The van der Waals surface area contributed by atoms with Crippen molar-refractivity contribution in [1.82, 2.24) is 0 Å². The minimum atomic E-state index is -1.26. The number of carboxylic acid groups (broad SMARTS) is 1. The van der Waals surface area contributed by atoms with Crippen LogP contribution in [0.3, 0.4) is 0 Å². The van der Waals surface area contributed by atoms with Crippen molar-refractivity contribution in [2.75, 3.05) is 0 Å². The molecular formula is C31H20N3NaO6. The molecule has 5 aromatic carbocycles. The molecule has 0 atom stereocenters. The maximum absolute atomic E-state index is 13.1. The quantitative estimate of drug-likeness (QED) is 0.0920. The number of aliphatic imine (C=N–C) groups is 1. The van der Waals surface area contributed by atoms with Crippen LogP contribution in [0.4, 0.5) is 17.1 Å². The zero-order valence-corrected chi connectivity index (χ0v) is 23.7. The Hall–Kier alpha value is -4.83. The third kappa shape index (κ3) is 6.17. The number of para-hydroxylation sites is 1. The van der Waals surface area contributed by atoms with E-state index in [9.17, 15) is 30.0 Å². The van der Waals surface area contributed by atoms with Crippen molar-refractivity contribution in [3.05, 3.63) is 125 Å². The normalized spacial score (nSPS) is 11.4.